The summed E-state index contributed by atoms with van der Waals surface area (Å²) in [7, 11) is 0. The molecule has 2 fully saturated rings. The minimum atomic E-state index is -0.633. The molecule has 0 bridgehead atoms. The van der Waals surface area contributed by atoms with E-state index in [0.29, 0.717) is 30.2 Å². The monoisotopic (exact) mass is 386 g/mol. The van der Waals surface area contributed by atoms with Gasteiger partial charge in [0.25, 0.3) is 5.56 Å². The van der Waals surface area contributed by atoms with E-state index in [1.54, 1.807) is 17.7 Å². The standard InChI is InChI=1S/C20H26N4O4/c1-11-14-9-21-20(22-15-7-8-28-10-16(15)26)23-18(14)24(13-5-3-4-6-13)19(27)17(11)12(2)25/h9,13,15-16,26H,3-8,10H2,1-2H3,(H,21,22,23)/t15-,16-/m1/s1. The number of carbonyl (C=O) groups is 1. The fraction of sp³-hybridized carbons (Fsp3) is 0.600. The van der Waals surface area contributed by atoms with Crippen LogP contribution in [0.1, 0.15) is 61.0 Å². The quantitative estimate of drug-likeness (QED) is 0.774. The molecule has 2 N–H and O–H groups in total. The number of Topliss-reactive ketones (excluding diaryl/α,β-unsaturated/α-hetero) is 1. The normalized spacial score (nSPS) is 23.2. The first-order valence-electron chi connectivity index (χ1n) is 9.92. The number of aromatic nitrogens is 3. The Morgan fingerprint density at radius 2 is 2.07 bits per heavy atom. The molecule has 1 aliphatic heterocycles. The van der Waals surface area contributed by atoms with E-state index in [-0.39, 0.29) is 35.6 Å². The third-order valence-electron chi connectivity index (χ3n) is 5.89. The van der Waals surface area contributed by atoms with Crippen LogP contribution in [0.4, 0.5) is 5.95 Å². The fourth-order valence-corrected chi connectivity index (χ4v) is 4.38. The first-order chi connectivity index (χ1) is 13.5. The molecule has 2 aromatic rings. The van der Waals surface area contributed by atoms with Crippen LogP contribution in [0.25, 0.3) is 11.0 Å². The van der Waals surface area contributed by atoms with E-state index >= 15 is 0 Å². The van der Waals surface area contributed by atoms with Gasteiger partial charge in [-0.15, -0.1) is 0 Å². The Morgan fingerprint density at radius 1 is 1.32 bits per heavy atom. The highest BCUT2D eigenvalue weighted by molar-refractivity contribution is 5.99. The summed E-state index contributed by atoms with van der Waals surface area (Å²) in [4.78, 5) is 34.4. The number of aliphatic hydroxyl groups excluding tert-OH is 1. The number of anilines is 1. The molecule has 0 spiro atoms. The minimum absolute atomic E-state index is 0.0464. The molecule has 0 amide bonds. The maximum atomic E-state index is 13.2. The number of pyridine rings is 1. The van der Waals surface area contributed by atoms with E-state index in [1.165, 1.54) is 6.92 Å². The lowest BCUT2D eigenvalue weighted by molar-refractivity contribution is -0.0136. The highest BCUT2D eigenvalue weighted by atomic mass is 16.5. The van der Waals surface area contributed by atoms with E-state index in [2.05, 4.69) is 15.3 Å². The van der Waals surface area contributed by atoms with Crippen molar-refractivity contribution in [2.45, 2.75) is 64.1 Å². The van der Waals surface area contributed by atoms with Crippen molar-refractivity contribution in [3.8, 4) is 0 Å². The highest BCUT2D eigenvalue weighted by Crippen LogP contribution is 2.32. The van der Waals surface area contributed by atoms with Gasteiger partial charge in [-0.25, -0.2) is 4.98 Å². The number of ether oxygens (including phenoxy) is 1. The third-order valence-corrected chi connectivity index (χ3v) is 5.89. The van der Waals surface area contributed by atoms with Crippen molar-refractivity contribution < 1.29 is 14.6 Å². The Labute approximate surface area is 162 Å². The Hall–Kier alpha value is -2.32. The van der Waals surface area contributed by atoms with E-state index in [0.717, 1.165) is 31.1 Å². The van der Waals surface area contributed by atoms with Crippen LogP contribution in [-0.4, -0.2) is 50.8 Å². The van der Waals surface area contributed by atoms with E-state index < -0.39 is 6.10 Å². The number of nitrogens with zero attached hydrogens (tertiary/aromatic N) is 3. The molecule has 2 aliphatic rings. The number of hydrogen-bond donors (Lipinski definition) is 2. The molecule has 3 heterocycles. The topological polar surface area (TPSA) is 106 Å². The fourth-order valence-electron chi connectivity index (χ4n) is 4.38. The van der Waals surface area contributed by atoms with Crippen molar-refractivity contribution in [1.82, 2.24) is 14.5 Å². The van der Waals surface area contributed by atoms with Crippen LogP contribution in [0.2, 0.25) is 0 Å². The van der Waals surface area contributed by atoms with Gasteiger partial charge in [0, 0.05) is 24.2 Å². The smallest absolute Gasteiger partial charge is 0.263 e. The Morgan fingerprint density at radius 3 is 2.75 bits per heavy atom. The van der Waals surface area contributed by atoms with Gasteiger partial charge in [-0.3, -0.25) is 14.2 Å². The molecule has 0 unspecified atom stereocenters. The van der Waals surface area contributed by atoms with Gasteiger partial charge in [-0.2, -0.15) is 4.98 Å². The van der Waals surface area contributed by atoms with Gasteiger partial charge in [0.05, 0.1) is 24.3 Å². The molecule has 150 valence electrons. The number of carbonyl (C=O) groups excluding carboxylic acids is 1. The largest absolute Gasteiger partial charge is 0.389 e. The molecule has 2 aromatic heterocycles. The number of rotatable bonds is 4. The summed E-state index contributed by atoms with van der Waals surface area (Å²) < 4.78 is 6.96. The second kappa shape index (κ2) is 7.60. The molecule has 1 aliphatic carbocycles. The van der Waals surface area contributed by atoms with E-state index in [9.17, 15) is 14.7 Å². The predicted octanol–water partition coefficient (Wildman–Crippen LogP) is 1.98. The molecule has 8 heteroatoms. The van der Waals surface area contributed by atoms with Crippen LogP contribution in [0.15, 0.2) is 11.0 Å². The number of fused-ring (bicyclic) bond motifs is 1. The third kappa shape index (κ3) is 3.31. The van der Waals surface area contributed by atoms with Crippen LogP contribution in [-0.2, 0) is 4.74 Å². The van der Waals surface area contributed by atoms with Gasteiger partial charge < -0.3 is 15.2 Å². The van der Waals surface area contributed by atoms with Crippen LogP contribution >= 0.6 is 0 Å². The van der Waals surface area contributed by atoms with Gasteiger partial charge in [-0.1, -0.05) is 12.8 Å². The summed E-state index contributed by atoms with van der Waals surface area (Å²) in [6, 6.07) is -0.152. The molecule has 1 saturated heterocycles. The maximum absolute atomic E-state index is 13.2. The second-order valence-electron chi connectivity index (χ2n) is 7.78. The zero-order chi connectivity index (χ0) is 19.8. The summed E-state index contributed by atoms with van der Waals surface area (Å²) in [5.41, 5.74) is 1.14. The first kappa shape index (κ1) is 19.0. The second-order valence-corrected chi connectivity index (χ2v) is 7.78. The van der Waals surface area contributed by atoms with Gasteiger partial charge in [0.15, 0.2) is 5.78 Å². The van der Waals surface area contributed by atoms with Gasteiger partial charge in [0.2, 0.25) is 5.95 Å². The van der Waals surface area contributed by atoms with Crippen molar-refractivity contribution in [1.29, 1.82) is 0 Å². The SMILES string of the molecule is CC(=O)c1c(C)c2cnc(N[C@@H]3CCOC[C@H]3O)nc2n(C2CCCC2)c1=O. The molecule has 0 radical (unpaired) electrons. The average molecular weight is 386 g/mol. The summed E-state index contributed by atoms with van der Waals surface area (Å²) in [5.74, 6) is 0.142. The maximum Gasteiger partial charge on any atom is 0.263 e. The van der Waals surface area contributed by atoms with Crippen molar-refractivity contribution in [2.24, 2.45) is 0 Å². The van der Waals surface area contributed by atoms with Crippen molar-refractivity contribution in [3.63, 3.8) is 0 Å². The average Bonchev–Trinajstić information content (AvgIpc) is 3.17. The molecular formula is C20H26N4O4. The lowest BCUT2D eigenvalue weighted by Crippen LogP contribution is -2.42. The van der Waals surface area contributed by atoms with Crippen molar-refractivity contribution >= 4 is 22.8 Å². The zero-order valence-corrected chi connectivity index (χ0v) is 16.3. The molecular weight excluding hydrogens is 360 g/mol. The summed E-state index contributed by atoms with van der Waals surface area (Å²) in [6.45, 7) is 4.05. The lowest BCUT2D eigenvalue weighted by atomic mass is 10.0. The van der Waals surface area contributed by atoms with Gasteiger partial charge >= 0.3 is 0 Å². The molecule has 0 aromatic carbocycles. The number of aryl methyl sites for hydroxylation is 1. The Kier molecular flexibility index (Phi) is 5.16. The Bertz CT molecular complexity index is 965. The van der Waals surface area contributed by atoms with Crippen LogP contribution in [0.5, 0.6) is 0 Å². The lowest BCUT2D eigenvalue weighted by Gasteiger charge is -2.28. The summed E-state index contributed by atoms with van der Waals surface area (Å²) >= 11 is 0. The predicted molar refractivity (Wildman–Crippen MR) is 105 cm³/mol. The Balaban J connectivity index is 1.84. The molecule has 4 rings (SSSR count). The molecule has 28 heavy (non-hydrogen) atoms. The van der Waals surface area contributed by atoms with Crippen molar-refractivity contribution in [3.05, 3.63) is 27.7 Å². The van der Waals surface area contributed by atoms with Gasteiger partial charge in [0.1, 0.15) is 5.65 Å². The number of nitrogens with one attached hydrogen (secondary N) is 1. The highest BCUT2D eigenvalue weighted by Gasteiger charge is 2.27. The zero-order valence-electron chi connectivity index (χ0n) is 16.3. The van der Waals surface area contributed by atoms with E-state index in [4.69, 9.17) is 4.74 Å². The molecule has 2 atom stereocenters. The molecule has 1 saturated carbocycles. The van der Waals surface area contributed by atoms with Crippen LogP contribution in [0.3, 0.4) is 0 Å². The number of ketones is 1. The molecule has 8 nitrogen and oxygen atoms in total. The van der Waals surface area contributed by atoms with Crippen LogP contribution in [0, 0.1) is 6.92 Å². The van der Waals surface area contributed by atoms with Crippen LogP contribution < -0.4 is 10.9 Å². The summed E-state index contributed by atoms with van der Waals surface area (Å²) in [6.07, 6.45) is 5.62. The number of aliphatic hydroxyl groups is 1. The van der Waals surface area contributed by atoms with E-state index in [1.807, 2.05) is 0 Å². The number of hydrogen-bond acceptors (Lipinski definition) is 7. The first-order valence-corrected chi connectivity index (χ1v) is 9.92. The minimum Gasteiger partial charge on any atom is -0.389 e. The van der Waals surface area contributed by atoms with Crippen molar-refractivity contribution in [2.75, 3.05) is 18.5 Å². The summed E-state index contributed by atoms with van der Waals surface area (Å²) in [5, 5.41) is 14.0. The van der Waals surface area contributed by atoms with Gasteiger partial charge in [-0.05, 0) is 38.7 Å².